The molecular formula is C32H45ClN4O3. The molecule has 1 amide bonds. The van der Waals surface area contributed by atoms with Crippen molar-refractivity contribution in [3.05, 3.63) is 58.7 Å². The van der Waals surface area contributed by atoms with E-state index in [4.69, 9.17) is 11.6 Å². The Bertz CT molecular complexity index is 1130. The minimum atomic E-state index is -1.41. The lowest BCUT2D eigenvalue weighted by molar-refractivity contribution is -0.161. The number of pyridine rings is 1. The first-order valence-electron chi connectivity index (χ1n) is 15.1. The smallest absolute Gasteiger partial charge is 0.259 e. The maximum Gasteiger partial charge on any atom is 0.259 e. The summed E-state index contributed by atoms with van der Waals surface area (Å²) in [6.07, 6.45) is 8.69. The molecule has 2 atom stereocenters. The molecule has 2 N–H and O–H groups in total. The lowest BCUT2D eigenvalue weighted by atomic mass is 9.78. The van der Waals surface area contributed by atoms with Gasteiger partial charge in [0, 0.05) is 37.7 Å². The molecule has 3 heterocycles. The fraction of sp³-hybridized carbons (Fsp3) is 0.625. The van der Waals surface area contributed by atoms with Gasteiger partial charge in [0.05, 0.1) is 0 Å². The van der Waals surface area contributed by atoms with Crippen molar-refractivity contribution in [1.29, 1.82) is 0 Å². The molecule has 7 nitrogen and oxygen atoms in total. The first-order chi connectivity index (χ1) is 19.3. The van der Waals surface area contributed by atoms with Gasteiger partial charge in [-0.25, -0.2) is 4.98 Å². The van der Waals surface area contributed by atoms with E-state index >= 15 is 0 Å². The molecule has 2 aliphatic heterocycles. The second-order valence-electron chi connectivity index (χ2n) is 12.4. The van der Waals surface area contributed by atoms with Crippen molar-refractivity contribution in [1.82, 2.24) is 14.8 Å². The highest BCUT2D eigenvalue weighted by Gasteiger charge is 2.48. The maximum atomic E-state index is 13.8. The van der Waals surface area contributed by atoms with E-state index in [2.05, 4.69) is 9.88 Å². The molecule has 1 aromatic carbocycles. The van der Waals surface area contributed by atoms with Crippen LogP contribution in [0.1, 0.15) is 75.1 Å². The van der Waals surface area contributed by atoms with Gasteiger partial charge in [0.1, 0.15) is 17.2 Å². The van der Waals surface area contributed by atoms with Crippen LogP contribution in [0.4, 0.5) is 5.82 Å². The van der Waals surface area contributed by atoms with Gasteiger partial charge in [-0.15, -0.1) is 0 Å². The van der Waals surface area contributed by atoms with Crippen LogP contribution in [0.15, 0.2) is 42.5 Å². The Hall–Kier alpha value is -2.19. The standard InChI is InChI=1S/C32H45ClN4O3/c1-35(2)30(38)27-12-13-28(34-29(27)33)36-18-14-23(15-19-36)22-24-16-20-37(21-17-24)31(39)32(40,26-10-6-7-11-26)25-8-4-3-5-9-25/h3-5,8-9,12-13,23-24,26,30,38,40H,6-7,10-11,14-22H2,1-2H3/t30?,32-/m0/s1. The van der Waals surface area contributed by atoms with Crippen molar-refractivity contribution < 1.29 is 15.0 Å². The summed E-state index contributed by atoms with van der Waals surface area (Å²) in [5, 5.41) is 22.6. The van der Waals surface area contributed by atoms with E-state index in [0.717, 1.165) is 88.9 Å². The van der Waals surface area contributed by atoms with E-state index < -0.39 is 11.8 Å². The largest absolute Gasteiger partial charge is 0.375 e. The predicted molar refractivity (Wildman–Crippen MR) is 159 cm³/mol. The summed E-state index contributed by atoms with van der Waals surface area (Å²) in [6.45, 7) is 3.37. The van der Waals surface area contributed by atoms with E-state index in [-0.39, 0.29) is 11.8 Å². The van der Waals surface area contributed by atoms with Gasteiger partial charge >= 0.3 is 0 Å². The van der Waals surface area contributed by atoms with Crippen molar-refractivity contribution in [3.63, 3.8) is 0 Å². The summed E-state index contributed by atoms with van der Waals surface area (Å²) in [6, 6.07) is 13.5. The van der Waals surface area contributed by atoms with Gasteiger partial charge in [-0.05, 0) is 88.6 Å². The minimum absolute atomic E-state index is 0.00364. The summed E-state index contributed by atoms with van der Waals surface area (Å²) in [7, 11) is 3.62. The van der Waals surface area contributed by atoms with Crippen LogP contribution in [-0.2, 0) is 10.4 Å². The molecule has 1 saturated carbocycles. The average molecular weight is 569 g/mol. The number of carbonyl (C=O) groups is 1. The zero-order valence-electron chi connectivity index (χ0n) is 24.0. The van der Waals surface area contributed by atoms with E-state index in [1.807, 2.05) is 61.5 Å². The number of anilines is 1. The van der Waals surface area contributed by atoms with Crippen LogP contribution in [0.5, 0.6) is 0 Å². The van der Waals surface area contributed by atoms with Crippen LogP contribution in [0.25, 0.3) is 0 Å². The number of aliphatic hydroxyl groups is 2. The first kappa shape index (κ1) is 29.3. The highest BCUT2D eigenvalue weighted by atomic mass is 35.5. The summed E-state index contributed by atoms with van der Waals surface area (Å²) >= 11 is 6.41. The van der Waals surface area contributed by atoms with Crippen LogP contribution < -0.4 is 4.90 Å². The summed E-state index contributed by atoms with van der Waals surface area (Å²) < 4.78 is 0. The van der Waals surface area contributed by atoms with Crippen LogP contribution >= 0.6 is 11.6 Å². The van der Waals surface area contributed by atoms with Gasteiger partial charge < -0.3 is 20.0 Å². The molecule has 1 aliphatic carbocycles. The fourth-order valence-electron chi connectivity index (χ4n) is 7.13. The number of likely N-dealkylation sites (tertiary alicyclic amines) is 1. The molecule has 0 radical (unpaired) electrons. The molecule has 0 bridgehead atoms. The number of aliphatic hydroxyl groups excluding tert-OH is 1. The van der Waals surface area contributed by atoms with Crippen molar-refractivity contribution in [2.45, 2.75) is 69.6 Å². The molecule has 0 spiro atoms. The van der Waals surface area contributed by atoms with Crippen LogP contribution in [0.2, 0.25) is 5.15 Å². The molecule has 218 valence electrons. The molecule has 3 fully saturated rings. The third kappa shape index (κ3) is 6.18. The van der Waals surface area contributed by atoms with Gasteiger partial charge in [-0.1, -0.05) is 54.8 Å². The lowest BCUT2D eigenvalue weighted by Crippen LogP contribution is -2.53. The molecule has 40 heavy (non-hydrogen) atoms. The third-order valence-electron chi connectivity index (χ3n) is 9.62. The molecule has 2 saturated heterocycles. The van der Waals surface area contributed by atoms with E-state index in [1.54, 1.807) is 4.90 Å². The van der Waals surface area contributed by atoms with Crippen molar-refractivity contribution in [2.24, 2.45) is 17.8 Å². The van der Waals surface area contributed by atoms with Gasteiger partial charge in [0.15, 0.2) is 5.60 Å². The molecule has 5 rings (SSSR count). The zero-order valence-corrected chi connectivity index (χ0v) is 24.8. The Morgan fingerprint density at radius 1 is 0.975 bits per heavy atom. The summed E-state index contributed by atoms with van der Waals surface area (Å²) in [5.74, 6) is 2.08. The summed E-state index contributed by atoms with van der Waals surface area (Å²) in [5.41, 5.74) is -0.0300. The molecule has 1 unspecified atom stereocenters. The number of carbonyl (C=O) groups excluding carboxylic acids is 1. The SMILES string of the molecule is CN(C)C(O)c1ccc(N2CCC(CC3CCN(C(=O)[C@](O)(c4ccccc4)C4CCCC4)CC3)CC2)nc1Cl. The number of hydrogen-bond donors (Lipinski definition) is 2. The Balaban J connectivity index is 1.12. The third-order valence-corrected chi connectivity index (χ3v) is 9.93. The Kier molecular flexibility index (Phi) is 9.35. The topological polar surface area (TPSA) is 80.1 Å². The van der Waals surface area contributed by atoms with Gasteiger partial charge in [0.25, 0.3) is 5.91 Å². The summed E-state index contributed by atoms with van der Waals surface area (Å²) in [4.78, 5) is 24.3. The number of amides is 1. The van der Waals surface area contributed by atoms with E-state index in [0.29, 0.717) is 22.6 Å². The van der Waals surface area contributed by atoms with Crippen LogP contribution in [-0.4, -0.2) is 71.2 Å². The Labute approximate surface area is 244 Å². The van der Waals surface area contributed by atoms with E-state index in [1.165, 1.54) is 6.42 Å². The Morgan fingerprint density at radius 2 is 1.57 bits per heavy atom. The highest BCUT2D eigenvalue weighted by Crippen LogP contribution is 2.43. The van der Waals surface area contributed by atoms with Gasteiger partial charge in [-0.2, -0.15) is 0 Å². The van der Waals surface area contributed by atoms with Crippen molar-refractivity contribution in [2.75, 3.05) is 45.2 Å². The number of nitrogens with zero attached hydrogens (tertiary/aromatic N) is 4. The van der Waals surface area contributed by atoms with Gasteiger partial charge in [-0.3, -0.25) is 9.69 Å². The predicted octanol–water partition coefficient (Wildman–Crippen LogP) is 5.21. The van der Waals surface area contributed by atoms with Crippen LogP contribution in [0.3, 0.4) is 0 Å². The van der Waals surface area contributed by atoms with E-state index in [9.17, 15) is 15.0 Å². The second kappa shape index (κ2) is 12.8. The molecule has 1 aromatic heterocycles. The first-order valence-corrected chi connectivity index (χ1v) is 15.5. The minimum Gasteiger partial charge on any atom is -0.375 e. The Morgan fingerprint density at radius 3 is 2.15 bits per heavy atom. The highest BCUT2D eigenvalue weighted by molar-refractivity contribution is 6.30. The average Bonchev–Trinajstić information content (AvgIpc) is 3.53. The molecule has 3 aliphatic rings. The molecule has 2 aromatic rings. The number of rotatable bonds is 8. The van der Waals surface area contributed by atoms with Crippen molar-refractivity contribution in [3.8, 4) is 0 Å². The number of hydrogen-bond acceptors (Lipinski definition) is 6. The number of aromatic nitrogens is 1. The maximum absolute atomic E-state index is 13.8. The zero-order chi connectivity index (χ0) is 28.3. The molecule has 8 heteroatoms. The number of piperidine rings is 2. The quantitative estimate of drug-likeness (QED) is 0.336. The molecular weight excluding hydrogens is 524 g/mol. The fourth-order valence-corrected chi connectivity index (χ4v) is 7.38. The second-order valence-corrected chi connectivity index (χ2v) is 12.8. The number of benzene rings is 1. The van der Waals surface area contributed by atoms with Gasteiger partial charge in [0.2, 0.25) is 0 Å². The van der Waals surface area contributed by atoms with Crippen molar-refractivity contribution >= 4 is 23.3 Å². The monoisotopic (exact) mass is 568 g/mol. The normalized spacial score (nSPS) is 22.1. The number of halogens is 1. The van der Waals surface area contributed by atoms with Crippen LogP contribution in [0, 0.1) is 17.8 Å². The lowest BCUT2D eigenvalue weighted by Gasteiger charge is -2.41.